The molecule has 0 aromatic rings. The van der Waals surface area contributed by atoms with E-state index in [0.717, 1.165) is 28.9 Å². The van der Waals surface area contributed by atoms with Gasteiger partial charge in [0.2, 0.25) is 0 Å². The lowest BCUT2D eigenvalue weighted by molar-refractivity contribution is -0.116. The Morgan fingerprint density at radius 1 is 1.24 bits per heavy atom. The quantitative estimate of drug-likeness (QED) is 0.475. The topological polar surface area (TPSA) is 29.1 Å². The van der Waals surface area contributed by atoms with Crippen LogP contribution in [0.4, 0.5) is 0 Å². The smallest absolute Gasteiger partial charge is 0.256 e. The predicted molar refractivity (Wildman–Crippen MR) is 95.9 cm³/mol. The molecule has 0 fully saturated rings. The van der Waals surface area contributed by atoms with Crippen molar-refractivity contribution in [2.45, 2.75) is 47.5 Å². The fourth-order valence-electron chi connectivity index (χ4n) is 1.70. The van der Waals surface area contributed by atoms with Gasteiger partial charge in [-0.25, -0.2) is 0 Å². The molecule has 2 nitrogen and oxygen atoms in total. The highest BCUT2D eigenvalue weighted by Crippen LogP contribution is 2.28. The summed E-state index contributed by atoms with van der Waals surface area (Å²) in [5.74, 6) is -0.108. The van der Waals surface area contributed by atoms with Crippen molar-refractivity contribution in [1.29, 1.82) is 0 Å². The van der Waals surface area contributed by atoms with Crippen molar-refractivity contribution in [2.75, 3.05) is 0 Å². The molecule has 1 amide bonds. The number of nitrogens with one attached hydrogen (secondary N) is 1. The summed E-state index contributed by atoms with van der Waals surface area (Å²) < 4.78 is 0. The van der Waals surface area contributed by atoms with E-state index in [1.54, 1.807) is 6.20 Å². The van der Waals surface area contributed by atoms with Crippen LogP contribution in [0.1, 0.15) is 47.5 Å². The van der Waals surface area contributed by atoms with Gasteiger partial charge in [0.25, 0.3) is 5.91 Å². The lowest BCUT2D eigenvalue weighted by atomic mass is 10.0. The summed E-state index contributed by atoms with van der Waals surface area (Å²) in [5, 5.41) is 4.75. The summed E-state index contributed by atoms with van der Waals surface area (Å²) in [6, 6.07) is 0. The molecular weight excluding hydrogens is 278 g/mol. The van der Waals surface area contributed by atoms with E-state index in [1.165, 1.54) is 11.8 Å². The van der Waals surface area contributed by atoms with Gasteiger partial charge in [-0.15, -0.1) is 0 Å². The number of amides is 1. The second-order valence-corrected chi connectivity index (χ2v) is 5.59. The third-order valence-corrected chi connectivity index (χ3v) is 3.79. The van der Waals surface area contributed by atoms with Crippen LogP contribution in [-0.2, 0) is 4.79 Å². The molecule has 116 valence electrons. The molecule has 0 spiro atoms. The molecule has 0 aromatic heterocycles. The fraction of sp³-hybridized carbons (Fsp3) is 0.389. The van der Waals surface area contributed by atoms with E-state index < -0.39 is 0 Å². The van der Waals surface area contributed by atoms with E-state index in [1.807, 2.05) is 45.3 Å². The van der Waals surface area contributed by atoms with Crippen molar-refractivity contribution in [3.8, 4) is 0 Å². The first-order valence-corrected chi connectivity index (χ1v) is 8.18. The maximum absolute atomic E-state index is 12.4. The number of carbonyl (C=O) groups excluding carboxylic acids is 1. The molecule has 21 heavy (non-hydrogen) atoms. The molecule has 1 N–H and O–H groups in total. The molecule has 0 atom stereocenters. The van der Waals surface area contributed by atoms with Crippen molar-refractivity contribution in [1.82, 2.24) is 5.32 Å². The SMILES string of the molecule is C=C(S/C=C\C)/C(C(=O)N/C=C/CC)=C(C)/C(C)=C/CC. The molecular formula is C18H27NOS. The first kappa shape index (κ1) is 19.5. The maximum Gasteiger partial charge on any atom is 0.256 e. The number of thioether (sulfide) groups is 1. The predicted octanol–water partition coefficient (Wildman–Crippen LogP) is 5.48. The highest BCUT2D eigenvalue weighted by atomic mass is 32.2. The van der Waals surface area contributed by atoms with E-state index >= 15 is 0 Å². The molecule has 3 heteroatoms. The summed E-state index contributed by atoms with van der Waals surface area (Å²) in [6.45, 7) is 14.1. The van der Waals surface area contributed by atoms with Gasteiger partial charge in [-0.1, -0.05) is 56.0 Å². The molecule has 0 saturated heterocycles. The molecule has 0 unspecified atom stereocenters. The van der Waals surface area contributed by atoms with Crippen molar-refractivity contribution in [3.63, 3.8) is 0 Å². The highest BCUT2D eigenvalue weighted by molar-refractivity contribution is 8.06. The van der Waals surface area contributed by atoms with Gasteiger partial charge in [0.15, 0.2) is 0 Å². The largest absolute Gasteiger partial charge is 0.329 e. The van der Waals surface area contributed by atoms with Gasteiger partial charge in [0.1, 0.15) is 0 Å². The zero-order valence-corrected chi connectivity index (χ0v) is 14.6. The van der Waals surface area contributed by atoms with Crippen LogP contribution in [0.2, 0.25) is 0 Å². The van der Waals surface area contributed by atoms with E-state index in [4.69, 9.17) is 0 Å². The minimum Gasteiger partial charge on any atom is -0.329 e. The summed E-state index contributed by atoms with van der Waals surface area (Å²) in [7, 11) is 0. The first-order valence-electron chi connectivity index (χ1n) is 7.30. The number of carbonyl (C=O) groups is 1. The Labute approximate surface area is 133 Å². The van der Waals surface area contributed by atoms with Gasteiger partial charge in [-0.05, 0) is 44.6 Å². The summed E-state index contributed by atoms with van der Waals surface area (Å²) in [5.41, 5.74) is 2.74. The zero-order chi connectivity index (χ0) is 16.3. The van der Waals surface area contributed by atoms with Crippen LogP contribution < -0.4 is 5.32 Å². The van der Waals surface area contributed by atoms with Crippen molar-refractivity contribution < 1.29 is 4.79 Å². The lowest BCUT2D eigenvalue weighted by Crippen LogP contribution is -2.21. The summed E-state index contributed by atoms with van der Waals surface area (Å²) >= 11 is 1.47. The molecule has 0 saturated carbocycles. The van der Waals surface area contributed by atoms with Crippen LogP contribution in [0.3, 0.4) is 0 Å². The average molecular weight is 305 g/mol. The van der Waals surface area contributed by atoms with Crippen molar-refractivity contribution >= 4 is 17.7 Å². The Morgan fingerprint density at radius 2 is 1.90 bits per heavy atom. The van der Waals surface area contributed by atoms with Crippen LogP contribution in [-0.4, -0.2) is 5.91 Å². The Kier molecular flexibility index (Phi) is 10.4. The maximum atomic E-state index is 12.4. The van der Waals surface area contributed by atoms with Crippen LogP contribution in [0.15, 0.2) is 58.0 Å². The van der Waals surface area contributed by atoms with Gasteiger partial charge >= 0.3 is 0 Å². The third-order valence-electron chi connectivity index (χ3n) is 2.90. The van der Waals surface area contributed by atoms with Crippen LogP contribution in [0.25, 0.3) is 0 Å². The summed E-state index contributed by atoms with van der Waals surface area (Å²) in [4.78, 5) is 13.2. The van der Waals surface area contributed by atoms with Gasteiger partial charge in [-0.2, -0.15) is 0 Å². The minimum atomic E-state index is -0.108. The molecule has 0 radical (unpaired) electrons. The molecule has 0 rings (SSSR count). The van der Waals surface area contributed by atoms with Gasteiger partial charge in [0, 0.05) is 11.1 Å². The normalized spacial score (nSPS) is 13.7. The lowest BCUT2D eigenvalue weighted by Gasteiger charge is -2.13. The second kappa shape index (κ2) is 11.2. The molecule has 0 heterocycles. The van der Waals surface area contributed by atoms with E-state index in [-0.39, 0.29) is 5.91 Å². The third kappa shape index (κ3) is 7.19. The molecule has 0 aliphatic heterocycles. The Morgan fingerprint density at radius 3 is 2.43 bits per heavy atom. The molecule has 0 aliphatic rings. The first-order chi connectivity index (χ1) is 9.99. The number of hydrogen-bond donors (Lipinski definition) is 1. The monoisotopic (exact) mass is 305 g/mol. The fourth-order valence-corrected chi connectivity index (χ4v) is 2.36. The zero-order valence-electron chi connectivity index (χ0n) is 13.8. The van der Waals surface area contributed by atoms with E-state index in [9.17, 15) is 4.79 Å². The number of allylic oxidation sites excluding steroid dienone is 5. The van der Waals surface area contributed by atoms with Gasteiger partial charge in [0.05, 0.1) is 5.57 Å². The van der Waals surface area contributed by atoms with Crippen molar-refractivity contribution in [3.05, 3.63) is 58.0 Å². The molecule has 0 bridgehead atoms. The standard InChI is InChI=1S/C18H27NOS/c1-7-10-12-19-18(20)17(16(6)21-13-9-3)15(5)14(4)11-8-2/h9-13H,6-8H2,1-5H3,(H,19,20)/b12-10+,13-9-,14-11+,17-15-. The van der Waals surface area contributed by atoms with Gasteiger partial charge < -0.3 is 5.32 Å². The number of rotatable bonds is 8. The number of hydrogen-bond acceptors (Lipinski definition) is 2. The van der Waals surface area contributed by atoms with Crippen LogP contribution in [0, 0.1) is 0 Å². The van der Waals surface area contributed by atoms with E-state index in [2.05, 4.69) is 24.9 Å². The van der Waals surface area contributed by atoms with E-state index in [0.29, 0.717) is 5.57 Å². The average Bonchev–Trinajstić information content (AvgIpc) is 2.45. The molecule has 0 aliphatic carbocycles. The highest BCUT2D eigenvalue weighted by Gasteiger charge is 2.16. The molecule has 0 aromatic carbocycles. The van der Waals surface area contributed by atoms with Crippen LogP contribution >= 0.6 is 11.8 Å². The van der Waals surface area contributed by atoms with Crippen LogP contribution in [0.5, 0.6) is 0 Å². The Balaban J connectivity index is 5.51. The summed E-state index contributed by atoms with van der Waals surface area (Å²) in [6.07, 6.45) is 9.51. The minimum absolute atomic E-state index is 0.108. The van der Waals surface area contributed by atoms with Gasteiger partial charge in [-0.3, -0.25) is 4.79 Å². The second-order valence-electron chi connectivity index (χ2n) is 4.59. The Bertz CT molecular complexity index is 481. The Hall–Kier alpha value is -1.48. The van der Waals surface area contributed by atoms with Crippen molar-refractivity contribution in [2.24, 2.45) is 0 Å².